The molecule has 0 saturated heterocycles. The third-order valence-corrected chi connectivity index (χ3v) is 3.98. The van der Waals surface area contributed by atoms with Crippen molar-refractivity contribution in [2.24, 2.45) is 0 Å². The Morgan fingerprint density at radius 3 is 2.37 bits per heavy atom. The van der Waals surface area contributed by atoms with Crippen LogP contribution in [0.4, 0.5) is 5.69 Å². The first-order chi connectivity index (χ1) is 8.97. The zero-order chi connectivity index (χ0) is 14.0. The van der Waals surface area contributed by atoms with E-state index in [0.29, 0.717) is 33.1 Å². The lowest BCUT2D eigenvalue weighted by molar-refractivity contribution is 0.307. The lowest BCUT2D eigenvalue weighted by Crippen LogP contribution is -2.00. The number of nitrogen functional groups attached to an aromatic ring is 1. The van der Waals surface area contributed by atoms with E-state index in [2.05, 4.69) is 15.9 Å². The smallest absolute Gasteiger partial charge is 0.139 e. The molecule has 100 valence electrons. The molecule has 0 saturated carbocycles. The van der Waals surface area contributed by atoms with E-state index in [1.54, 1.807) is 12.1 Å². The van der Waals surface area contributed by atoms with Crippen LogP contribution in [0.2, 0.25) is 15.1 Å². The number of benzene rings is 2. The molecule has 0 amide bonds. The summed E-state index contributed by atoms with van der Waals surface area (Å²) in [5, 5.41) is 1.19. The second kappa shape index (κ2) is 6.23. The highest BCUT2D eigenvalue weighted by Gasteiger charge is 2.08. The molecule has 2 N–H and O–H groups in total. The predicted molar refractivity (Wildman–Crippen MR) is 84.4 cm³/mol. The van der Waals surface area contributed by atoms with Gasteiger partial charge in [0.1, 0.15) is 12.4 Å². The maximum atomic E-state index is 6.03. The van der Waals surface area contributed by atoms with Gasteiger partial charge in [0.25, 0.3) is 0 Å². The minimum Gasteiger partial charge on any atom is -0.487 e. The van der Waals surface area contributed by atoms with Gasteiger partial charge in [0.15, 0.2) is 0 Å². The highest BCUT2D eigenvalue weighted by Crippen LogP contribution is 2.34. The third kappa shape index (κ3) is 3.69. The first-order valence-electron chi connectivity index (χ1n) is 5.28. The van der Waals surface area contributed by atoms with Gasteiger partial charge in [-0.2, -0.15) is 0 Å². The Labute approximate surface area is 134 Å². The Morgan fingerprint density at radius 2 is 1.68 bits per heavy atom. The van der Waals surface area contributed by atoms with E-state index in [0.717, 1.165) is 10.0 Å². The summed E-state index contributed by atoms with van der Waals surface area (Å²) in [4.78, 5) is 0. The number of halogens is 4. The molecule has 0 spiro atoms. The molecule has 0 aliphatic carbocycles. The van der Waals surface area contributed by atoms with Crippen LogP contribution in [0.25, 0.3) is 0 Å². The summed E-state index contributed by atoms with van der Waals surface area (Å²) >= 11 is 21.1. The Hall–Kier alpha value is -0.610. The fourth-order valence-electron chi connectivity index (χ4n) is 1.47. The first-order valence-corrected chi connectivity index (χ1v) is 7.21. The maximum Gasteiger partial charge on any atom is 0.139 e. The molecule has 2 nitrogen and oxygen atoms in total. The molecule has 0 heterocycles. The number of hydrogen-bond donors (Lipinski definition) is 1. The van der Waals surface area contributed by atoms with Crippen molar-refractivity contribution in [2.45, 2.75) is 6.61 Å². The predicted octanol–water partition coefficient (Wildman–Crippen LogP) is 5.57. The summed E-state index contributed by atoms with van der Waals surface area (Å²) in [6.45, 7) is 0.302. The second-order valence-corrected chi connectivity index (χ2v) is 5.97. The molecular formula is C13H9BrCl3NO. The summed E-state index contributed by atoms with van der Waals surface area (Å²) in [6, 6.07) is 8.72. The monoisotopic (exact) mass is 379 g/mol. The zero-order valence-corrected chi connectivity index (χ0v) is 13.4. The van der Waals surface area contributed by atoms with E-state index in [-0.39, 0.29) is 0 Å². The molecular weight excluding hydrogens is 372 g/mol. The van der Waals surface area contributed by atoms with Crippen LogP contribution in [-0.2, 0) is 6.61 Å². The molecule has 0 bridgehead atoms. The highest BCUT2D eigenvalue weighted by atomic mass is 79.9. The third-order valence-electron chi connectivity index (χ3n) is 2.47. The van der Waals surface area contributed by atoms with Gasteiger partial charge in [-0.1, -0.05) is 56.8 Å². The quantitative estimate of drug-likeness (QED) is 0.557. The zero-order valence-electron chi connectivity index (χ0n) is 9.59. The Balaban J connectivity index is 2.16. The van der Waals surface area contributed by atoms with E-state index in [1.807, 2.05) is 18.2 Å². The number of rotatable bonds is 3. The molecule has 19 heavy (non-hydrogen) atoms. The fourth-order valence-corrected chi connectivity index (χ4v) is 2.44. The average Bonchev–Trinajstić information content (AvgIpc) is 2.34. The van der Waals surface area contributed by atoms with Crippen LogP contribution in [0.1, 0.15) is 5.56 Å². The van der Waals surface area contributed by atoms with E-state index < -0.39 is 0 Å². The topological polar surface area (TPSA) is 35.2 Å². The molecule has 0 unspecified atom stereocenters. The molecule has 0 atom stereocenters. The molecule has 2 aromatic carbocycles. The van der Waals surface area contributed by atoms with Crippen LogP contribution in [-0.4, -0.2) is 0 Å². The van der Waals surface area contributed by atoms with E-state index >= 15 is 0 Å². The van der Waals surface area contributed by atoms with Crippen molar-refractivity contribution in [3.63, 3.8) is 0 Å². The molecule has 0 fully saturated rings. The molecule has 0 radical (unpaired) electrons. The van der Waals surface area contributed by atoms with Gasteiger partial charge in [-0.05, 0) is 18.2 Å². The van der Waals surface area contributed by atoms with Crippen LogP contribution in [0.15, 0.2) is 34.8 Å². The summed E-state index contributed by atoms with van der Waals surface area (Å²) in [6.07, 6.45) is 0. The molecule has 2 aromatic rings. The Bertz CT molecular complexity index is 619. The van der Waals surface area contributed by atoms with Crippen molar-refractivity contribution >= 4 is 56.4 Å². The van der Waals surface area contributed by atoms with Crippen LogP contribution in [0, 0.1) is 0 Å². The van der Waals surface area contributed by atoms with Crippen LogP contribution >= 0.6 is 50.7 Å². The maximum absolute atomic E-state index is 6.03. The van der Waals surface area contributed by atoms with Crippen LogP contribution < -0.4 is 10.5 Å². The van der Waals surface area contributed by atoms with Crippen molar-refractivity contribution in [2.75, 3.05) is 5.73 Å². The number of hydrogen-bond acceptors (Lipinski definition) is 2. The molecule has 2 rings (SSSR count). The number of anilines is 1. The van der Waals surface area contributed by atoms with Gasteiger partial charge in [0.05, 0.1) is 15.1 Å². The highest BCUT2D eigenvalue weighted by molar-refractivity contribution is 9.10. The van der Waals surface area contributed by atoms with Crippen LogP contribution in [0.3, 0.4) is 0 Å². The van der Waals surface area contributed by atoms with Crippen molar-refractivity contribution in [3.05, 3.63) is 55.4 Å². The summed E-state index contributed by atoms with van der Waals surface area (Å²) in [5.41, 5.74) is 7.40. The standard InChI is InChI=1S/C13H9BrCl3NO/c14-8-2-1-7(12(18)3-8)6-19-13-5-10(16)9(15)4-11(13)17/h1-5H,6,18H2. The summed E-state index contributed by atoms with van der Waals surface area (Å²) in [7, 11) is 0. The largest absolute Gasteiger partial charge is 0.487 e. The van der Waals surface area contributed by atoms with Crippen LogP contribution in [0.5, 0.6) is 5.75 Å². The normalized spacial score (nSPS) is 10.5. The van der Waals surface area contributed by atoms with Crippen molar-refractivity contribution in [1.29, 1.82) is 0 Å². The van der Waals surface area contributed by atoms with Crippen molar-refractivity contribution < 1.29 is 4.74 Å². The Morgan fingerprint density at radius 1 is 1.00 bits per heavy atom. The van der Waals surface area contributed by atoms with Gasteiger partial charge < -0.3 is 10.5 Å². The van der Waals surface area contributed by atoms with Crippen molar-refractivity contribution in [3.8, 4) is 5.75 Å². The second-order valence-electron chi connectivity index (χ2n) is 3.83. The molecule has 6 heteroatoms. The first kappa shape index (κ1) is 14.8. The van der Waals surface area contributed by atoms with Gasteiger partial charge in [-0.25, -0.2) is 0 Å². The van der Waals surface area contributed by atoms with Crippen molar-refractivity contribution in [1.82, 2.24) is 0 Å². The van der Waals surface area contributed by atoms with E-state index in [4.69, 9.17) is 45.3 Å². The summed E-state index contributed by atoms with van der Waals surface area (Å²) in [5.74, 6) is 0.471. The lowest BCUT2D eigenvalue weighted by atomic mass is 10.2. The van der Waals surface area contributed by atoms with E-state index in [1.165, 1.54) is 0 Å². The average molecular weight is 381 g/mol. The van der Waals surface area contributed by atoms with E-state index in [9.17, 15) is 0 Å². The molecule has 0 aliphatic rings. The number of nitrogens with two attached hydrogens (primary N) is 1. The SMILES string of the molecule is Nc1cc(Br)ccc1COc1cc(Cl)c(Cl)cc1Cl. The van der Waals surface area contributed by atoms with Gasteiger partial charge >= 0.3 is 0 Å². The lowest BCUT2D eigenvalue weighted by Gasteiger charge is -2.11. The fraction of sp³-hybridized carbons (Fsp3) is 0.0769. The van der Waals surface area contributed by atoms with Gasteiger partial charge in [-0.3, -0.25) is 0 Å². The van der Waals surface area contributed by atoms with Gasteiger partial charge in [0.2, 0.25) is 0 Å². The van der Waals surface area contributed by atoms with Gasteiger partial charge in [-0.15, -0.1) is 0 Å². The number of ether oxygens (including phenoxy) is 1. The molecule has 0 aliphatic heterocycles. The van der Waals surface area contributed by atoms with Gasteiger partial charge in [0, 0.05) is 21.8 Å². The summed E-state index contributed by atoms with van der Waals surface area (Å²) < 4.78 is 6.53. The minimum atomic E-state index is 0.302. The minimum absolute atomic E-state index is 0.302. The molecule has 0 aromatic heterocycles. The Kier molecular flexibility index (Phi) is 4.85.